The lowest BCUT2D eigenvalue weighted by molar-refractivity contribution is 0.136. The van der Waals surface area contributed by atoms with E-state index in [1.54, 1.807) is 0 Å². The van der Waals surface area contributed by atoms with Crippen LogP contribution in [0.1, 0.15) is 46.5 Å². The summed E-state index contributed by atoms with van der Waals surface area (Å²) in [5.74, 6) is 2.60. The SMILES string of the molecule is CC1CCC(C)C(NC2CCN(C)CC2C)C1. The average Bonchev–Trinajstić information content (AvgIpc) is 2.27. The molecule has 2 nitrogen and oxygen atoms in total. The number of hydrogen-bond acceptors (Lipinski definition) is 2. The molecule has 1 saturated carbocycles. The van der Waals surface area contributed by atoms with Crippen LogP contribution >= 0.6 is 0 Å². The van der Waals surface area contributed by atoms with Gasteiger partial charge in [-0.2, -0.15) is 0 Å². The van der Waals surface area contributed by atoms with E-state index in [4.69, 9.17) is 0 Å². The summed E-state index contributed by atoms with van der Waals surface area (Å²) in [6.45, 7) is 9.78. The van der Waals surface area contributed by atoms with Gasteiger partial charge in [0.2, 0.25) is 0 Å². The second-order valence-corrected chi connectivity index (χ2v) is 6.80. The Morgan fingerprint density at radius 3 is 2.41 bits per heavy atom. The smallest absolute Gasteiger partial charge is 0.0120 e. The summed E-state index contributed by atoms with van der Waals surface area (Å²) in [5.41, 5.74) is 0. The molecule has 2 fully saturated rings. The summed E-state index contributed by atoms with van der Waals surface area (Å²) in [4.78, 5) is 2.47. The van der Waals surface area contributed by atoms with Gasteiger partial charge in [-0.1, -0.05) is 27.2 Å². The van der Waals surface area contributed by atoms with Gasteiger partial charge in [-0.15, -0.1) is 0 Å². The maximum absolute atomic E-state index is 3.98. The zero-order chi connectivity index (χ0) is 12.4. The van der Waals surface area contributed by atoms with E-state index in [1.165, 1.54) is 38.8 Å². The Bertz CT molecular complexity index is 241. The van der Waals surface area contributed by atoms with Crippen molar-refractivity contribution in [3.63, 3.8) is 0 Å². The molecule has 100 valence electrons. The Morgan fingerprint density at radius 1 is 0.941 bits per heavy atom. The van der Waals surface area contributed by atoms with E-state index in [0.29, 0.717) is 0 Å². The van der Waals surface area contributed by atoms with Crippen LogP contribution in [-0.2, 0) is 0 Å². The summed E-state index contributed by atoms with van der Waals surface area (Å²) >= 11 is 0. The van der Waals surface area contributed by atoms with Gasteiger partial charge >= 0.3 is 0 Å². The Morgan fingerprint density at radius 2 is 1.71 bits per heavy atom. The number of piperidine rings is 1. The van der Waals surface area contributed by atoms with Gasteiger partial charge in [-0.25, -0.2) is 0 Å². The summed E-state index contributed by atoms with van der Waals surface area (Å²) in [6.07, 6.45) is 5.57. The van der Waals surface area contributed by atoms with Crippen LogP contribution in [0.15, 0.2) is 0 Å². The van der Waals surface area contributed by atoms with E-state index >= 15 is 0 Å². The van der Waals surface area contributed by atoms with E-state index in [9.17, 15) is 0 Å². The number of nitrogens with one attached hydrogen (secondary N) is 1. The standard InChI is InChI=1S/C15H30N2/c1-11-5-6-12(2)15(9-11)16-14-7-8-17(4)10-13(14)3/h11-16H,5-10H2,1-4H3. The highest BCUT2D eigenvalue weighted by atomic mass is 15.1. The van der Waals surface area contributed by atoms with Crippen LogP contribution in [0.3, 0.4) is 0 Å². The van der Waals surface area contributed by atoms with E-state index in [-0.39, 0.29) is 0 Å². The van der Waals surface area contributed by atoms with Gasteiger partial charge in [0, 0.05) is 18.6 Å². The molecule has 0 aromatic heterocycles. The number of hydrogen-bond donors (Lipinski definition) is 1. The first-order valence-electron chi connectivity index (χ1n) is 7.51. The number of rotatable bonds is 2. The van der Waals surface area contributed by atoms with Crippen molar-refractivity contribution >= 4 is 0 Å². The largest absolute Gasteiger partial charge is 0.311 e. The fourth-order valence-corrected chi connectivity index (χ4v) is 3.64. The van der Waals surface area contributed by atoms with Crippen molar-refractivity contribution in [1.82, 2.24) is 10.2 Å². The molecule has 0 spiro atoms. The second kappa shape index (κ2) is 5.71. The zero-order valence-corrected chi connectivity index (χ0v) is 12.1. The van der Waals surface area contributed by atoms with Crippen LogP contribution in [0, 0.1) is 17.8 Å². The average molecular weight is 238 g/mol. The van der Waals surface area contributed by atoms with Crippen molar-refractivity contribution in [3.05, 3.63) is 0 Å². The predicted molar refractivity (Wildman–Crippen MR) is 74.2 cm³/mol. The Balaban J connectivity index is 1.86. The van der Waals surface area contributed by atoms with Crippen molar-refractivity contribution in [1.29, 1.82) is 0 Å². The molecule has 2 heteroatoms. The summed E-state index contributed by atoms with van der Waals surface area (Å²) in [5, 5.41) is 3.98. The van der Waals surface area contributed by atoms with Crippen LogP contribution in [0.25, 0.3) is 0 Å². The number of likely N-dealkylation sites (tertiary alicyclic amines) is 1. The number of nitrogens with zero attached hydrogens (tertiary/aromatic N) is 1. The molecule has 1 saturated heterocycles. The van der Waals surface area contributed by atoms with Crippen LogP contribution in [-0.4, -0.2) is 37.1 Å². The van der Waals surface area contributed by atoms with Crippen LogP contribution in [0.5, 0.6) is 0 Å². The van der Waals surface area contributed by atoms with Gasteiger partial charge in [0.25, 0.3) is 0 Å². The molecular weight excluding hydrogens is 208 g/mol. The zero-order valence-electron chi connectivity index (χ0n) is 12.1. The van der Waals surface area contributed by atoms with Gasteiger partial charge in [0.15, 0.2) is 0 Å². The molecular formula is C15H30N2. The van der Waals surface area contributed by atoms with Gasteiger partial charge in [-0.05, 0) is 50.6 Å². The highest BCUT2D eigenvalue weighted by molar-refractivity contribution is 4.88. The molecule has 0 aromatic rings. The first-order valence-corrected chi connectivity index (χ1v) is 7.51. The summed E-state index contributed by atoms with van der Waals surface area (Å²) < 4.78 is 0. The minimum absolute atomic E-state index is 0.754. The third kappa shape index (κ3) is 3.45. The fourth-order valence-electron chi connectivity index (χ4n) is 3.64. The van der Waals surface area contributed by atoms with E-state index in [0.717, 1.165) is 29.8 Å². The summed E-state index contributed by atoms with van der Waals surface area (Å²) in [7, 11) is 2.25. The molecule has 0 radical (unpaired) electrons. The third-order valence-corrected chi connectivity index (χ3v) is 4.99. The molecule has 0 bridgehead atoms. The van der Waals surface area contributed by atoms with Gasteiger partial charge in [0.05, 0.1) is 0 Å². The monoisotopic (exact) mass is 238 g/mol. The van der Waals surface area contributed by atoms with Crippen LogP contribution in [0.2, 0.25) is 0 Å². The fraction of sp³-hybridized carbons (Fsp3) is 1.00. The van der Waals surface area contributed by atoms with Gasteiger partial charge in [-0.3, -0.25) is 0 Å². The molecule has 2 aliphatic rings. The van der Waals surface area contributed by atoms with E-state index in [1.807, 2.05) is 0 Å². The van der Waals surface area contributed by atoms with E-state index < -0.39 is 0 Å². The van der Waals surface area contributed by atoms with Crippen molar-refractivity contribution < 1.29 is 0 Å². The maximum atomic E-state index is 3.98. The molecule has 17 heavy (non-hydrogen) atoms. The molecule has 1 heterocycles. The molecule has 2 rings (SSSR count). The maximum Gasteiger partial charge on any atom is 0.0120 e. The molecule has 1 aliphatic heterocycles. The lowest BCUT2D eigenvalue weighted by atomic mass is 9.79. The third-order valence-electron chi connectivity index (χ3n) is 4.99. The Hall–Kier alpha value is -0.0800. The van der Waals surface area contributed by atoms with Crippen molar-refractivity contribution in [3.8, 4) is 0 Å². The quantitative estimate of drug-likeness (QED) is 0.796. The van der Waals surface area contributed by atoms with Crippen LogP contribution < -0.4 is 5.32 Å². The lowest BCUT2D eigenvalue weighted by Crippen LogP contribution is -2.52. The minimum Gasteiger partial charge on any atom is -0.311 e. The molecule has 0 aromatic carbocycles. The molecule has 5 unspecified atom stereocenters. The topological polar surface area (TPSA) is 15.3 Å². The molecule has 1 aliphatic carbocycles. The minimum atomic E-state index is 0.754. The molecule has 5 atom stereocenters. The molecule has 0 amide bonds. The predicted octanol–water partition coefficient (Wildman–Crippen LogP) is 2.74. The first-order chi connectivity index (χ1) is 8.06. The van der Waals surface area contributed by atoms with Gasteiger partial charge in [0.1, 0.15) is 0 Å². The lowest BCUT2D eigenvalue weighted by Gasteiger charge is -2.41. The highest BCUT2D eigenvalue weighted by Gasteiger charge is 2.30. The van der Waals surface area contributed by atoms with E-state index in [2.05, 4.69) is 38.0 Å². The highest BCUT2D eigenvalue weighted by Crippen LogP contribution is 2.30. The Kier molecular flexibility index (Phi) is 4.48. The van der Waals surface area contributed by atoms with Crippen LogP contribution in [0.4, 0.5) is 0 Å². The summed E-state index contributed by atoms with van der Waals surface area (Å²) in [6, 6.07) is 1.53. The van der Waals surface area contributed by atoms with Crippen molar-refractivity contribution in [2.45, 2.75) is 58.5 Å². The molecule has 1 N–H and O–H groups in total. The van der Waals surface area contributed by atoms with Gasteiger partial charge < -0.3 is 10.2 Å². The Labute approximate surface area is 107 Å². The first kappa shape index (κ1) is 13.4. The second-order valence-electron chi connectivity index (χ2n) is 6.80. The van der Waals surface area contributed by atoms with Crippen molar-refractivity contribution in [2.24, 2.45) is 17.8 Å². The van der Waals surface area contributed by atoms with Crippen molar-refractivity contribution in [2.75, 3.05) is 20.1 Å². The normalized spacial score (nSPS) is 44.8.